The molecule has 1 aromatic carbocycles. The molecule has 3 heterocycles. The molecule has 1 aromatic heterocycles. The predicted molar refractivity (Wildman–Crippen MR) is 107 cm³/mol. The second-order valence-electron chi connectivity index (χ2n) is 8.37. The summed E-state index contributed by atoms with van der Waals surface area (Å²) in [7, 11) is 1.59. The van der Waals surface area contributed by atoms with Crippen LogP contribution in [0.5, 0.6) is 0 Å². The molecule has 0 spiro atoms. The molecule has 8 nitrogen and oxygen atoms in total. The van der Waals surface area contributed by atoms with E-state index in [0.717, 1.165) is 0 Å². The molecule has 0 aliphatic carbocycles. The lowest BCUT2D eigenvalue weighted by Crippen LogP contribution is -2.49. The molecule has 0 unspecified atom stereocenters. The van der Waals surface area contributed by atoms with Crippen LogP contribution < -0.4 is 10.9 Å². The molecule has 2 saturated heterocycles. The predicted octanol–water partition coefficient (Wildman–Crippen LogP) is 0.476. The van der Waals surface area contributed by atoms with Crippen LogP contribution >= 0.6 is 0 Å². The maximum Gasteiger partial charge on any atom is 0.274 e. The Balaban J connectivity index is 1.58. The van der Waals surface area contributed by atoms with Crippen LogP contribution in [0.3, 0.4) is 0 Å². The number of amides is 2. The lowest BCUT2D eigenvalue weighted by Gasteiger charge is -2.27. The van der Waals surface area contributed by atoms with Crippen LogP contribution in [0, 0.1) is 11.3 Å². The number of nitrogens with one attached hydrogen (secondary N) is 1. The highest BCUT2D eigenvalue weighted by Crippen LogP contribution is 2.41. The molecule has 2 fully saturated rings. The van der Waals surface area contributed by atoms with Gasteiger partial charge in [0.2, 0.25) is 11.8 Å². The van der Waals surface area contributed by atoms with Crippen molar-refractivity contribution in [3.8, 4) is 0 Å². The van der Waals surface area contributed by atoms with Gasteiger partial charge in [0, 0.05) is 37.5 Å². The van der Waals surface area contributed by atoms with Crippen molar-refractivity contribution in [1.82, 2.24) is 20.0 Å². The van der Waals surface area contributed by atoms with Crippen molar-refractivity contribution in [2.24, 2.45) is 18.4 Å². The van der Waals surface area contributed by atoms with Gasteiger partial charge in [-0.3, -0.25) is 14.4 Å². The first-order valence-electron chi connectivity index (χ1n) is 9.93. The Bertz CT molecular complexity index is 1030. The van der Waals surface area contributed by atoms with Gasteiger partial charge in [0.1, 0.15) is 0 Å². The molecule has 0 radical (unpaired) electrons. The monoisotopic (exact) mass is 398 g/mol. The van der Waals surface area contributed by atoms with Gasteiger partial charge in [0.05, 0.1) is 36.1 Å². The number of benzene rings is 1. The number of fused-ring (bicyclic) bond motifs is 2. The second-order valence-corrected chi connectivity index (χ2v) is 8.37. The fraction of sp³-hybridized carbons (Fsp3) is 0.524. The molecule has 8 heteroatoms. The number of hydrogen-bond acceptors (Lipinski definition) is 5. The van der Waals surface area contributed by atoms with Crippen molar-refractivity contribution in [1.29, 1.82) is 0 Å². The van der Waals surface area contributed by atoms with Crippen molar-refractivity contribution < 1.29 is 14.3 Å². The first kappa shape index (κ1) is 19.6. The summed E-state index contributed by atoms with van der Waals surface area (Å²) in [6.45, 7) is 5.51. The zero-order valence-corrected chi connectivity index (χ0v) is 17.0. The summed E-state index contributed by atoms with van der Waals surface area (Å²) in [5.41, 5.74) is -0.297. The Morgan fingerprint density at radius 3 is 2.76 bits per heavy atom. The quantitative estimate of drug-likeness (QED) is 0.808. The van der Waals surface area contributed by atoms with Gasteiger partial charge in [-0.25, -0.2) is 4.68 Å². The topological polar surface area (TPSA) is 93.5 Å². The molecule has 29 heavy (non-hydrogen) atoms. The van der Waals surface area contributed by atoms with Crippen LogP contribution in [-0.2, 0) is 27.8 Å². The first-order chi connectivity index (χ1) is 13.8. The van der Waals surface area contributed by atoms with E-state index in [0.29, 0.717) is 42.8 Å². The summed E-state index contributed by atoms with van der Waals surface area (Å²) in [5, 5.41) is 8.56. The van der Waals surface area contributed by atoms with Crippen molar-refractivity contribution in [3.05, 3.63) is 40.3 Å². The fourth-order valence-corrected chi connectivity index (χ4v) is 4.41. The van der Waals surface area contributed by atoms with Gasteiger partial charge >= 0.3 is 0 Å². The molecule has 1 N–H and O–H groups in total. The zero-order valence-electron chi connectivity index (χ0n) is 17.0. The lowest BCUT2D eigenvalue weighted by atomic mass is 9.80. The minimum atomic E-state index is -0.682. The SMILES string of the molecule is CC(C)NC(=O)[C@@]12COC[C@@H]1CN(C(=O)Cc1nn(C)c(=O)c3ccccc13)C2. The van der Waals surface area contributed by atoms with Gasteiger partial charge in [-0.2, -0.15) is 5.10 Å². The van der Waals surface area contributed by atoms with Crippen LogP contribution in [0.15, 0.2) is 29.1 Å². The number of aryl methyl sites for hydroxylation is 1. The summed E-state index contributed by atoms with van der Waals surface area (Å²) in [6.07, 6.45) is 0.0874. The highest BCUT2D eigenvalue weighted by Gasteiger charge is 2.56. The Kier molecular flexibility index (Phi) is 4.90. The molecular formula is C21H26N4O4. The van der Waals surface area contributed by atoms with E-state index in [2.05, 4.69) is 10.4 Å². The highest BCUT2D eigenvalue weighted by molar-refractivity contribution is 5.90. The third-order valence-corrected chi connectivity index (χ3v) is 5.95. The highest BCUT2D eigenvalue weighted by atomic mass is 16.5. The third kappa shape index (κ3) is 3.31. The molecule has 2 aromatic rings. The van der Waals surface area contributed by atoms with Crippen molar-refractivity contribution in [2.45, 2.75) is 26.3 Å². The van der Waals surface area contributed by atoms with E-state index in [1.54, 1.807) is 24.1 Å². The molecule has 2 amide bonds. The van der Waals surface area contributed by atoms with Crippen LogP contribution in [0.2, 0.25) is 0 Å². The van der Waals surface area contributed by atoms with E-state index in [-0.39, 0.29) is 35.8 Å². The summed E-state index contributed by atoms with van der Waals surface area (Å²) >= 11 is 0. The van der Waals surface area contributed by atoms with Gasteiger partial charge < -0.3 is 15.0 Å². The van der Waals surface area contributed by atoms with Crippen LogP contribution in [0.1, 0.15) is 19.5 Å². The number of aromatic nitrogens is 2. The number of hydrogen-bond donors (Lipinski definition) is 1. The lowest BCUT2D eigenvalue weighted by molar-refractivity contribution is -0.134. The molecular weight excluding hydrogens is 372 g/mol. The Labute approximate surface area is 168 Å². The maximum absolute atomic E-state index is 13.1. The van der Waals surface area contributed by atoms with E-state index < -0.39 is 5.41 Å². The van der Waals surface area contributed by atoms with E-state index in [4.69, 9.17) is 4.74 Å². The van der Waals surface area contributed by atoms with E-state index in [1.165, 1.54) is 4.68 Å². The van der Waals surface area contributed by atoms with E-state index in [1.807, 2.05) is 26.0 Å². The number of likely N-dealkylation sites (tertiary alicyclic amines) is 1. The summed E-state index contributed by atoms with van der Waals surface area (Å²) in [4.78, 5) is 40.0. The van der Waals surface area contributed by atoms with Crippen molar-refractivity contribution in [3.63, 3.8) is 0 Å². The average molecular weight is 398 g/mol. The van der Waals surface area contributed by atoms with Gasteiger partial charge in [0.15, 0.2) is 0 Å². The standard InChI is InChI=1S/C21H26N4O4/c1-13(2)22-20(28)21-11-25(9-14(21)10-29-12-21)18(26)8-17-15-6-4-5-7-16(15)19(27)24(3)23-17/h4-7,13-14H,8-12H2,1-3H3,(H,22,28)/t14-,21-/m0/s1. The van der Waals surface area contributed by atoms with Crippen LogP contribution in [0.25, 0.3) is 10.8 Å². The van der Waals surface area contributed by atoms with Crippen LogP contribution in [-0.4, -0.2) is 58.8 Å². The summed E-state index contributed by atoms with van der Waals surface area (Å²) in [5.74, 6) is -0.140. The molecule has 2 atom stereocenters. The second kappa shape index (κ2) is 7.26. The summed E-state index contributed by atoms with van der Waals surface area (Å²) < 4.78 is 6.87. The number of rotatable bonds is 4. The first-order valence-corrected chi connectivity index (χ1v) is 9.93. The van der Waals surface area contributed by atoms with Gasteiger partial charge in [-0.1, -0.05) is 18.2 Å². The Morgan fingerprint density at radius 2 is 2.03 bits per heavy atom. The van der Waals surface area contributed by atoms with Crippen molar-refractivity contribution in [2.75, 3.05) is 26.3 Å². The Morgan fingerprint density at radius 1 is 1.31 bits per heavy atom. The smallest absolute Gasteiger partial charge is 0.274 e. The molecule has 2 aliphatic heterocycles. The zero-order chi connectivity index (χ0) is 20.8. The van der Waals surface area contributed by atoms with Gasteiger partial charge in [-0.05, 0) is 19.9 Å². The minimum Gasteiger partial charge on any atom is -0.380 e. The molecule has 2 aliphatic rings. The third-order valence-electron chi connectivity index (χ3n) is 5.95. The molecule has 154 valence electrons. The number of nitrogens with zero attached hydrogens (tertiary/aromatic N) is 3. The van der Waals surface area contributed by atoms with E-state index >= 15 is 0 Å². The fourth-order valence-electron chi connectivity index (χ4n) is 4.41. The maximum atomic E-state index is 13.1. The number of carbonyl (C=O) groups is 2. The number of ether oxygens (including phenoxy) is 1. The van der Waals surface area contributed by atoms with Gasteiger partial charge in [-0.15, -0.1) is 0 Å². The molecule has 4 rings (SSSR count). The average Bonchev–Trinajstić information content (AvgIpc) is 3.24. The van der Waals surface area contributed by atoms with Gasteiger partial charge in [0.25, 0.3) is 5.56 Å². The molecule has 0 bridgehead atoms. The summed E-state index contributed by atoms with van der Waals surface area (Å²) in [6, 6.07) is 7.23. The Hall–Kier alpha value is -2.74. The number of carbonyl (C=O) groups excluding carboxylic acids is 2. The van der Waals surface area contributed by atoms with E-state index in [9.17, 15) is 14.4 Å². The largest absolute Gasteiger partial charge is 0.380 e. The van der Waals surface area contributed by atoms with Crippen molar-refractivity contribution >= 4 is 22.6 Å². The minimum absolute atomic E-state index is 0.00460. The molecule has 0 saturated carbocycles. The van der Waals surface area contributed by atoms with Crippen LogP contribution in [0.4, 0.5) is 0 Å². The normalized spacial score (nSPS) is 23.6.